The number of hydrogen-bond acceptors (Lipinski definition) is 3. The van der Waals surface area contributed by atoms with Gasteiger partial charge in [-0.2, -0.15) is 0 Å². The molecule has 1 atom stereocenters. The van der Waals surface area contributed by atoms with E-state index in [1.54, 1.807) is 18.2 Å². The summed E-state index contributed by atoms with van der Waals surface area (Å²) in [7, 11) is 0. The smallest absolute Gasteiger partial charge is 0.305 e. The van der Waals surface area contributed by atoms with E-state index in [2.05, 4.69) is 5.32 Å². The summed E-state index contributed by atoms with van der Waals surface area (Å²) in [5.41, 5.74) is 6.26. The molecule has 0 aliphatic rings. The van der Waals surface area contributed by atoms with Gasteiger partial charge in [0, 0.05) is 16.6 Å². The molecule has 1 aromatic rings. The zero-order chi connectivity index (χ0) is 14.4. The van der Waals surface area contributed by atoms with Crippen LogP contribution in [0.25, 0.3) is 0 Å². The van der Waals surface area contributed by atoms with Gasteiger partial charge in [-0.25, -0.2) is 0 Å². The fourth-order valence-electron chi connectivity index (χ4n) is 1.46. The number of carbonyl (C=O) groups is 2. The number of carboxylic acids is 1. The van der Waals surface area contributed by atoms with E-state index >= 15 is 0 Å². The van der Waals surface area contributed by atoms with Crippen molar-refractivity contribution >= 4 is 35.1 Å². The van der Waals surface area contributed by atoms with Crippen LogP contribution in [0.5, 0.6) is 0 Å². The lowest BCUT2D eigenvalue weighted by molar-refractivity contribution is -0.139. The van der Waals surface area contributed by atoms with E-state index in [9.17, 15) is 9.59 Å². The van der Waals surface area contributed by atoms with Crippen molar-refractivity contribution in [3.8, 4) is 0 Å². The lowest BCUT2D eigenvalue weighted by Gasteiger charge is -2.10. The predicted octanol–water partition coefficient (Wildman–Crippen LogP) is 1.45. The number of nitrogens with two attached hydrogens (primary N) is 1. The molecule has 0 radical (unpaired) electrons. The van der Waals surface area contributed by atoms with Crippen LogP contribution in [0.3, 0.4) is 0 Å². The molecule has 0 heterocycles. The van der Waals surface area contributed by atoms with Crippen molar-refractivity contribution < 1.29 is 14.7 Å². The minimum Gasteiger partial charge on any atom is -0.481 e. The number of halogens is 2. The normalized spacial score (nSPS) is 11.9. The molecule has 0 fully saturated rings. The van der Waals surface area contributed by atoms with E-state index in [0.717, 1.165) is 5.56 Å². The first kappa shape index (κ1) is 15.8. The first-order valence-electron chi connectivity index (χ1n) is 5.59. The van der Waals surface area contributed by atoms with E-state index in [-0.39, 0.29) is 0 Å². The van der Waals surface area contributed by atoms with Crippen molar-refractivity contribution in [2.45, 2.75) is 18.9 Å². The van der Waals surface area contributed by atoms with Crippen LogP contribution >= 0.6 is 23.2 Å². The third-order valence-corrected chi connectivity index (χ3v) is 3.03. The van der Waals surface area contributed by atoms with E-state index < -0.39 is 24.3 Å². The largest absolute Gasteiger partial charge is 0.481 e. The Balaban J connectivity index is 2.41. The maximum Gasteiger partial charge on any atom is 0.305 e. The highest BCUT2D eigenvalue weighted by Gasteiger charge is 2.16. The number of hydrogen-bond donors (Lipinski definition) is 3. The first-order chi connectivity index (χ1) is 8.90. The Morgan fingerprint density at radius 3 is 2.63 bits per heavy atom. The summed E-state index contributed by atoms with van der Waals surface area (Å²) < 4.78 is 0. The second kappa shape index (κ2) is 7.33. The van der Waals surface area contributed by atoms with Gasteiger partial charge in [-0.3, -0.25) is 9.59 Å². The average molecular weight is 305 g/mol. The second-order valence-corrected chi connectivity index (χ2v) is 4.82. The molecular weight excluding hydrogens is 291 g/mol. The van der Waals surface area contributed by atoms with Gasteiger partial charge in [0.05, 0.1) is 12.5 Å². The zero-order valence-corrected chi connectivity index (χ0v) is 11.5. The second-order valence-electron chi connectivity index (χ2n) is 3.98. The molecular formula is C12H14Cl2N2O3. The average Bonchev–Trinajstić information content (AvgIpc) is 2.30. The highest BCUT2D eigenvalue weighted by atomic mass is 35.5. The Bertz CT molecular complexity index is 480. The van der Waals surface area contributed by atoms with Crippen molar-refractivity contribution in [1.82, 2.24) is 5.32 Å². The number of carboxylic acid groups (broad SMARTS) is 1. The Morgan fingerprint density at radius 2 is 2.05 bits per heavy atom. The van der Waals surface area contributed by atoms with E-state index in [4.69, 9.17) is 34.0 Å². The number of carbonyl (C=O) groups excluding carboxylic acids is 1. The van der Waals surface area contributed by atoms with Gasteiger partial charge in [0.2, 0.25) is 5.91 Å². The van der Waals surface area contributed by atoms with Crippen molar-refractivity contribution in [1.29, 1.82) is 0 Å². The van der Waals surface area contributed by atoms with Gasteiger partial charge in [0.15, 0.2) is 0 Å². The molecule has 1 aromatic carbocycles. The topological polar surface area (TPSA) is 92.4 Å². The summed E-state index contributed by atoms with van der Waals surface area (Å²) in [5.74, 6) is -1.60. The summed E-state index contributed by atoms with van der Waals surface area (Å²) in [4.78, 5) is 21.9. The minimum absolute atomic E-state index is 0.327. The van der Waals surface area contributed by atoms with Crippen LogP contribution in [0.15, 0.2) is 18.2 Å². The molecule has 7 heteroatoms. The van der Waals surface area contributed by atoms with Gasteiger partial charge < -0.3 is 16.2 Å². The molecule has 0 saturated carbocycles. The van der Waals surface area contributed by atoms with Crippen LogP contribution in [-0.2, 0) is 16.0 Å². The fourth-order valence-corrected chi connectivity index (χ4v) is 1.96. The monoisotopic (exact) mass is 304 g/mol. The molecule has 0 aliphatic heterocycles. The fraction of sp³-hybridized carbons (Fsp3) is 0.333. The van der Waals surface area contributed by atoms with Gasteiger partial charge in [-0.1, -0.05) is 29.3 Å². The minimum atomic E-state index is -1.11. The van der Waals surface area contributed by atoms with Gasteiger partial charge in [-0.05, 0) is 24.1 Å². The van der Waals surface area contributed by atoms with E-state index in [0.29, 0.717) is 23.0 Å². The number of amides is 1. The molecule has 1 unspecified atom stereocenters. The Kier molecular flexibility index (Phi) is 6.08. The predicted molar refractivity (Wildman–Crippen MR) is 73.4 cm³/mol. The molecule has 1 rings (SSSR count). The van der Waals surface area contributed by atoms with Gasteiger partial charge in [-0.15, -0.1) is 0 Å². The van der Waals surface area contributed by atoms with Gasteiger partial charge in [0.25, 0.3) is 0 Å². The number of nitrogens with one attached hydrogen (secondary N) is 1. The summed E-state index contributed by atoms with van der Waals surface area (Å²) in [5, 5.41) is 12.1. The van der Waals surface area contributed by atoms with Gasteiger partial charge in [0.1, 0.15) is 0 Å². The van der Waals surface area contributed by atoms with Crippen LogP contribution in [0.1, 0.15) is 12.0 Å². The van der Waals surface area contributed by atoms with Crippen LogP contribution in [-0.4, -0.2) is 29.6 Å². The Morgan fingerprint density at radius 1 is 1.37 bits per heavy atom. The molecule has 5 nitrogen and oxygen atoms in total. The maximum absolute atomic E-state index is 11.5. The Hall–Kier alpha value is -1.30. The zero-order valence-electron chi connectivity index (χ0n) is 10.0. The van der Waals surface area contributed by atoms with Crippen molar-refractivity contribution in [3.63, 3.8) is 0 Å². The first-order valence-corrected chi connectivity index (χ1v) is 6.34. The number of aliphatic carboxylic acids is 1. The van der Waals surface area contributed by atoms with E-state index in [1.807, 2.05) is 0 Å². The van der Waals surface area contributed by atoms with Crippen molar-refractivity contribution in [2.24, 2.45) is 5.73 Å². The molecule has 0 saturated heterocycles. The Labute approximate surface area is 120 Å². The molecule has 0 aromatic heterocycles. The molecule has 0 spiro atoms. The van der Waals surface area contributed by atoms with Crippen LogP contribution in [0, 0.1) is 0 Å². The van der Waals surface area contributed by atoms with Crippen LogP contribution < -0.4 is 11.1 Å². The number of benzene rings is 1. The van der Waals surface area contributed by atoms with Crippen molar-refractivity contribution in [3.05, 3.63) is 33.8 Å². The molecule has 1 amide bonds. The summed E-state index contributed by atoms with van der Waals surface area (Å²) in [6.45, 7) is 0.327. The molecule has 4 N–H and O–H groups in total. The quantitative estimate of drug-likeness (QED) is 0.742. The highest BCUT2D eigenvalue weighted by Crippen LogP contribution is 2.20. The molecule has 0 bridgehead atoms. The highest BCUT2D eigenvalue weighted by molar-refractivity contribution is 6.35. The lowest BCUT2D eigenvalue weighted by Crippen LogP contribution is -2.42. The molecule has 0 aliphatic carbocycles. The standard InChI is InChI=1S/C12H14Cl2N2O3/c13-8-2-1-7(9(14)5-8)3-4-16-12(19)10(15)6-11(17)18/h1-2,5,10H,3-4,6,15H2,(H,16,19)(H,17,18). The summed E-state index contributed by atoms with van der Waals surface area (Å²) in [6.07, 6.45) is 0.120. The van der Waals surface area contributed by atoms with Crippen LogP contribution in [0.2, 0.25) is 10.0 Å². The van der Waals surface area contributed by atoms with Crippen LogP contribution in [0.4, 0.5) is 0 Å². The summed E-state index contributed by atoms with van der Waals surface area (Å²) in [6, 6.07) is 4.06. The lowest BCUT2D eigenvalue weighted by atomic mass is 10.1. The van der Waals surface area contributed by atoms with Gasteiger partial charge >= 0.3 is 5.97 Å². The van der Waals surface area contributed by atoms with Crippen molar-refractivity contribution in [2.75, 3.05) is 6.54 Å². The maximum atomic E-state index is 11.5. The third kappa shape index (κ3) is 5.46. The SMILES string of the molecule is NC(CC(=O)O)C(=O)NCCc1ccc(Cl)cc1Cl. The third-order valence-electron chi connectivity index (χ3n) is 2.44. The number of rotatable bonds is 6. The molecule has 104 valence electrons. The van der Waals surface area contributed by atoms with E-state index in [1.165, 1.54) is 0 Å². The summed E-state index contributed by atoms with van der Waals surface area (Å²) >= 11 is 11.7. The molecule has 19 heavy (non-hydrogen) atoms.